The van der Waals surface area contributed by atoms with Gasteiger partial charge in [-0.2, -0.15) is 0 Å². The van der Waals surface area contributed by atoms with Crippen molar-refractivity contribution in [2.45, 2.75) is 26.7 Å². The third kappa shape index (κ3) is 7.34. The molecular formula is C10H16O4. The summed E-state index contributed by atoms with van der Waals surface area (Å²) in [5.74, 6) is -0.780. The van der Waals surface area contributed by atoms with E-state index < -0.39 is 5.97 Å². The van der Waals surface area contributed by atoms with Crippen molar-refractivity contribution >= 4 is 11.9 Å². The van der Waals surface area contributed by atoms with Crippen LogP contribution in [-0.4, -0.2) is 25.7 Å². The highest BCUT2D eigenvalue weighted by Crippen LogP contribution is 1.96. The van der Waals surface area contributed by atoms with Crippen molar-refractivity contribution in [3.8, 4) is 0 Å². The summed E-state index contributed by atoms with van der Waals surface area (Å²) in [4.78, 5) is 21.6. The Bertz CT molecular complexity index is 226. The minimum Gasteiger partial charge on any atom is -0.469 e. The van der Waals surface area contributed by atoms with Crippen LogP contribution in [0.25, 0.3) is 0 Å². The van der Waals surface area contributed by atoms with E-state index in [1.54, 1.807) is 6.08 Å². The van der Waals surface area contributed by atoms with Gasteiger partial charge in [0.1, 0.15) is 6.61 Å². The number of rotatable bonds is 5. The van der Waals surface area contributed by atoms with Crippen LogP contribution in [0.5, 0.6) is 0 Å². The van der Waals surface area contributed by atoms with Crippen LogP contribution in [0, 0.1) is 0 Å². The van der Waals surface area contributed by atoms with Crippen LogP contribution in [0.15, 0.2) is 11.6 Å². The van der Waals surface area contributed by atoms with Crippen molar-refractivity contribution in [2.24, 2.45) is 0 Å². The van der Waals surface area contributed by atoms with E-state index >= 15 is 0 Å². The molecule has 0 unspecified atom stereocenters. The van der Waals surface area contributed by atoms with E-state index in [-0.39, 0.29) is 25.4 Å². The SMILES string of the molecule is COC(=O)CCC(=O)OCC=C(C)C. The predicted octanol–water partition coefficient (Wildman–Crippen LogP) is 1.45. The number of methoxy groups -OCH3 is 1. The molecule has 0 bridgehead atoms. The molecule has 4 heteroatoms. The second-order valence-corrected chi connectivity index (χ2v) is 3.04. The van der Waals surface area contributed by atoms with Gasteiger partial charge < -0.3 is 9.47 Å². The molecule has 0 heterocycles. The van der Waals surface area contributed by atoms with E-state index in [0.29, 0.717) is 0 Å². The molecular weight excluding hydrogens is 184 g/mol. The Balaban J connectivity index is 3.56. The first-order valence-corrected chi connectivity index (χ1v) is 4.42. The Kier molecular flexibility index (Phi) is 6.45. The third-order valence-corrected chi connectivity index (χ3v) is 1.50. The van der Waals surface area contributed by atoms with E-state index in [9.17, 15) is 9.59 Å². The van der Waals surface area contributed by atoms with Crippen LogP contribution >= 0.6 is 0 Å². The number of carbonyl (C=O) groups is 2. The van der Waals surface area contributed by atoms with Gasteiger partial charge in [0.25, 0.3) is 0 Å². The lowest BCUT2D eigenvalue weighted by Gasteiger charge is -2.01. The Morgan fingerprint density at radius 3 is 2.21 bits per heavy atom. The van der Waals surface area contributed by atoms with E-state index in [1.807, 2.05) is 13.8 Å². The topological polar surface area (TPSA) is 52.6 Å². The predicted molar refractivity (Wildman–Crippen MR) is 51.6 cm³/mol. The lowest BCUT2D eigenvalue weighted by molar-refractivity contribution is -0.148. The lowest BCUT2D eigenvalue weighted by Crippen LogP contribution is -2.08. The molecule has 4 nitrogen and oxygen atoms in total. The second-order valence-electron chi connectivity index (χ2n) is 3.04. The highest BCUT2D eigenvalue weighted by Gasteiger charge is 2.06. The molecule has 0 fully saturated rings. The zero-order chi connectivity index (χ0) is 11.0. The van der Waals surface area contributed by atoms with Crippen LogP contribution < -0.4 is 0 Å². The van der Waals surface area contributed by atoms with Gasteiger partial charge in [-0.25, -0.2) is 0 Å². The molecule has 0 aliphatic heterocycles. The quantitative estimate of drug-likeness (QED) is 0.498. The van der Waals surface area contributed by atoms with Crippen LogP contribution in [0.3, 0.4) is 0 Å². The smallest absolute Gasteiger partial charge is 0.306 e. The number of hydrogen-bond donors (Lipinski definition) is 0. The van der Waals surface area contributed by atoms with Crippen LogP contribution in [0.2, 0.25) is 0 Å². The van der Waals surface area contributed by atoms with Crippen LogP contribution in [0.1, 0.15) is 26.7 Å². The molecule has 14 heavy (non-hydrogen) atoms. The maximum Gasteiger partial charge on any atom is 0.306 e. The summed E-state index contributed by atoms with van der Waals surface area (Å²) in [6.07, 6.45) is 1.95. The van der Waals surface area contributed by atoms with Crippen molar-refractivity contribution in [2.75, 3.05) is 13.7 Å². The monoisotopic (exact) mass is 200 g/mol. The van der Waals surface area contributed by atoms with Gasteiger partial charge in [-0.15, -0.1) is 0 Å². The molecule has 0 N–H and O–H groups in total. The first-order chi connectivity index (χ1) is 6.56. The van der Waals surface area contributed by atoms with Crippen molar-refractivity contribution in [3.05, 3.63) is 11.6 Å². The summed E-state index contributed by atoms with van der Waals surface area (Å²) in [7, 11) is 1.29. The fourth-order valence-electron chi connectivity index (χ4n) is 0.680. The standard InChI is InChI=1S/C10H16O4/c1-8(2)6-7-14-10(12)5-4-9(11)13-3/h6H,4-5,7H2,1-3H3. The van der Waals surface area contributed by atoms with Gasteiger partial charge in [0, 0.05) is 0 Å². The number of hydrogen-bond acceptors (Lipinski definition) is 4. The normalized spacial score (nSPS) is 9.07. The van der Waals surface area contributed by atoms with Crippen molar-refractivity contribution in [1.29, 1.82) is 0 Å². The zero-order valence-electron chi connectivity index (χ0n) is 8.83. The molecule has 0 aromatic rings. The number of esters is 2. The summed E-state index contributed by atoms with van der Waals surface area (Å²) in [5, 5.41) is 0. The average molecular weight is 200 g/mol. The van der Waals surface area contributed by atoms with Crippen LogP contribution in [-0.2, 0) is 19.1 Å². The molecule has 0 aliphatic carbocycles. The summed E-state index contributed by atoms with van der Waals surface area (Å²) in [6, 6.07) is 0. The van der Waals surface area contributed by atoms with E-state index in [4.69, 9.17) is 4.74 Å². The largest absolute Gasteiger partial charge is 0.469 e. The zero-order valence-corrected chi connectivity index (χ0v) is 8.83. The molecule has 0 saturated carbocycles. The summed E-state index contributed by atoms with van der Waals surface area (Å²) in [5.41, 5.74) is 1.09. The van der Waals surface area contributed by atoms with Crippen LogP contribution in [0.4, 0.5) is 0 Å². The minimum absolute atomic E-state index is 0.0727. The van der Waals surface area contributed by atoms with E-state index in [1.165, 1.54) is 7.11 Å². The van der Waals surface area contributed by atoms with E-state index in [0.717, 1.165) is 5.57 Å². The fraction of sp³-hybridized carbons (Fsp3) is 0.600. The molecule has 0 rings (SSSR count). The molecule has 0 aromatic heterocycles. The van der Waals surface area contributed by atoms with Gasteiger partial charge in [-0.05, 0) is 19.9 Å². The van der Waals surface area contributed by atoms with Gasteiger partial charge in [0.2, 0.25) is 0 Å². The molecule has 0 aromatic carbocycles. The molecule has 0 spiro atoms. The average Bonchev–Trinajstić information content (AvgIpc) is 2.13. The summed E-state index contributed by atoms with van der Waals surface area (Å²) in [6.45, 7) is 4.10. The molecule has 0 amide bonds. The Morgan fingerprint density at radius 1 is 1.14 bits per heavy atom. The first kappa shape index (κ1) is 12.7. The molecule has 0 saturated heterocycles. The van der Waals surface area contributed by atoms with Crippen molar-refractivity contribution < 1.29 is 19.1 Å². The van der Waals surface area contributed by atoms with Gasteiger partial charge in [-0.1, -0.05) is 5.57 Å². The lowest BCUT2D eigenvalue weighted by atomic mass is 10.3. The minimum atomic E-state index is -0.399. The number of ether oxygens (including phenoxy) is 2. The Morgan fingerprint density at radius 2 is 1.71 bits per heavy atom. The van der Waals surface area contributed by atoms with Crippen molar-refractivity contribution in [3.63, 3.8) is 0 Å². The van der Waals surface area contributed by atoms with Crippen molar-refractivity contribution in [1.82, 2.24) is 0 Å². The molecule has 80 valence electrons. The first-order valence-electron chi connectivity index (χ1n) is 4.42. The highest BCUT2D eigenvalue weighted by molar-refractivity contribution is 5.77. The van der Waals surface area contributed by atoms with Gasteiger partial charge >= 0.3 is 11.9 Å². The Labute approximate surface area is 83.9 Å². The third-order valence-electron chi connectivity index (χ3n) is 1.50. The maximum atomic E-state index is 11.0. The van der Waals surface area contributed by atoms with Gasteiger partial charge in [-0.3, -0.25) is 9.59 Å². The number of carbonyl (C=O) groups excluding carboxylic acids is 2. The Hall–Kier alpha value is -1.32. The maximum absolute atomic E-state index is 11.0. The summed E-state index contributed by atoms with van der Waals surface area (Å²) >= 11 is 0. The molecule has 0 atom stereocenters. The van der Waals surface area contributed by atoms with Gasteiger partial charge in [0.05, 0.1) is 20.0 Å². The molecule has 0 radical (unpaired) electrons. The van der Waals surface area contributed by atoms with E-state index in [2.05, 4.69) is 4.74 Å². The second kappa shape index (κ2) is 7.12. The molecule has 0 aliphatic rings. The summed E-state index contributed by atoms with van der Waals surface area (Å²) < 4.78 is 9.21. The number of allylic oxidation sites excluding steroid dienone is 1. The highest BCUT2D eigenvalue weighted by atomic mass is 16.5. The van der Waals surface area contributed by atoms with Gasteiger partial charge in [0.15, 0.2) is 0 Å². The fourth-order valence-corrected chi connectivity index (χ4v) is 0.680.